The fourth-order valence-corrected chi connectivity index (χ4v) is 1.70. The number of hydrogen-bond acceptors (Lipinski definition) is 5. The number of amides is 1. The van der Waals surface area contributed by atoms with Gasteiger partial charge in [-0.15, -0.1) is 0 Å². The van der Waals surface area contributed by atoms with Gasteiger partial charge in [0.05, 0.1) is 25.1 Å². The van der Waals surface area contributed by atoms with Crippen LogP contribution in [0.25, 0.3) is 0 Å². The molecule has 0 spiro atoms. The third-order valence-electron chi connectivity index (χ3n) is 2.83. The van der Waals surface area contributed by atoms with Gasteiger partial charge in [-0.25, -0.2) is 0 Å². The van der Waals surface area contributed by atoms with E-state index in [1.807, 2.05) is 11.0 Å². The van der Waals surface area contributed by atoms with Crippen molar-refractivity contribution in [1.82, 2.24) is 15.1 Å². The number of nitrogens with one attached hydrogen (secondary N) is 1. The van der Waals surface area contributed by atoms with Crippen molar-refractivity contribution in [3.8, 4) is 12.1 Å². The van der Waals surface area contributed by atoms with Crippen LogP contribution in [0.15, 0.2) is 0 Å². The number of carbonyl (C=O) groups excluding carboxylic acids is 1. The molecule has 0 saturated carbocycles. The molecule has 1 rings (SSSR count). The molecule has 1 N–H and O–H groups in total. The van der Waals surface area contributed by atoms with Gasteiger partial charge in [-0.05, 0) is 0 Å². The van der Waals surface area contributed by atoms with Crippen LogP contribution in [-0.2, 0) is 4.79 Å². The Morgan fingerprint density at radius 1 is 1.59 bits per heavy atom. The highest BCUT2D eigenvalue weighted by Gasteiger charge is 2.24. The van der Waals surface area contributed by atoms with Crippen molar-refractivity contribution in [2.45, 2.75) is 12.5 Å². The number of likely N-dealkylation sites (N-methyl/N-ethyl adjacent to an activating group) is 1. The summed E-state index contributed by atoms with van der Waals surface area (Å²) in [6, 6.07) is 3.95. The Hall–Kier alpha value is -1.63. The average Bonchev–Trinajstić information content (AvgIpc) is 2.36. The number of nitriles is 2. The Bertz CT molecular complexity index is 343. The predicted octanol–water partition coefficient (Wildman–Crippen LogP) is -0.844. The Morgan fingerprint density at radius 3 is 3.00 bits per heavy atom. The van der Waals surface area contributed by atoms with Crippen LogP contribution in [0.4, 0.5) is 0 Å². The van der Waals surface area contributed by atoms with Crippen LogP contribution in [-0.4, -0.2) is 61.5 Å². The van der Waals surface area contributed by atoms with Crippen LogP contribution in [0.3, 0.4) is 0 Å². The number of piperazine rings is 1. The van der Waals surface area contributed by atoms with Crippen molar-refractivity contribution in [2.24, 2.45) is 0 Å². The number of carbonyl (C=O) groups is 1. The fourth-order valence-electron chi connectivity index (χ4n) is 1.70. The van der Waals surface area contributed by atoms with Crippen molar-refractivity contribution < 1.29 is 4.79 Å². The molecule has 0 aliphatic carbocycles. The molecule has 6 heteroatoms. The van der Waals surface area contributed by atoms with E-state index < -0.39 is 0 Å². The number of rotatable bonds is 4. The summed E-state index contributed by atoms with van der Waals surface area (Å²) in [7, 11) is 1.68. The fraction of sp³-hybridized carbons (Fsp3) is 0.727. The average molecular weight is 235 g/mol. The van der Waals surface area contributed by atoms with Gasteiger partial charge in [0.25, 0.3) is 0 Å². The molecule has 0 bridgehead atoms. The van der Waals surface area contributed by atoms with Crippen molar-refractivity contribution in [3.63, 3.8) is 0 Å². The Labute approximate surface area is 101 Å². The standard InChI is InChI=1S/C11H17N5O/c1-15(5-2-3-12)11(17)9-16-6-4-14-8-10(16)7-13/h10,14H,2,4-6,8-9H2,1H3. The molecule has 1 atom stereocenters. The largest absolute Gasteiger partial charge is 0.344 e. The number of hydrogen-bond donors (Lipinski definition) is 1. The van der Waals surface area contributed by atoms with E-state index in [1.54, 1.807) is 11.9 Å². The first-order valence-electron chi connectivity index (χ1n) is 5.64. The summed E-state index contributed by atoms with van der Waals surface area (Å²) >= 11 is 0. The highest BCUT2D eigenvalue weighted by molar-refractivity contribution is 5.78. The maximum atomic E-state index is 11.8. The van der Waals surface area contributed by atoms with Gasteiger partial charge in [-0.3, -0.25) is 9.69 Å². The molecule has 1 saturated heterocycles. The van der Waals surface area contributed by atoms with E-state index in [4.69, 9.17) is 10.5 Å². The lowest BCUT2D eigenvalue weighted by molar-refractivity contribution is -0.131. The Morgan fingerprint density at radius 2 is 2.35 bits per heavy atom. The van der Waals surface area contributed by atoms with Crippen LogP contribution in [0, 0.1) is 22.7 Å². The maximum absolute atomic E-state index is 11.8. The minimum atomic E-state index is -0.239. The zero-order valence-corrected chi connectivity index (χ0v) is 10.0. The molecular formula is C11H17N5O. The topological polar surface area (TPSA) is 83.2 Å². The molecule has 1 fully saturated rings. The van der Waals surface area contributed by atoms with Gasteiger partial charge >= 0.3 is 0 Å². The maximum Gasteiger partial charge on any atom is 0.236 e. The molecule has 0 aromatic carbocycles. The summed E-state index contributed by atoms with van der Waals surface area (Å²) in [5, 5.41) is 20.5. The van der Waals surface area contributed by atoms with E-state index in [1.165, 1.54) is 0 Å². The molecule has 0 radical (unpaired) electrons. The molecule has 92 valence electrons. The second kappa shape index (κ2) is 6.85. The smallest absolute Gasteiger partial charge is 0.236 e. The van der Waals surface area contributed by atoms with Gasteiger partial charge in [0.15, 0.2) is 0 Å². The summed E-state index contributed by atoms with van der Waals surface area (Å²) in [5.74, 6) is -0.0394. The highest BCUT2D eigenvalue weighted by atomic mass is 16.2. The van der Waals surface area contributed by atoms with Gasteiger partial charge in [0.1, 0.15) is 6.04 Å². The van der Waals surface area contributed by atoms with Crippen LogP contribution >= 0.6 is 0 Å². The molecule has 1 aliphatic heterocycles. The van der Waals surface area contributed by atoms with Crippen LogP contribution in [0.5, 0.6) is 0 Å². The van der Waals surface area contributed by atoms with Gasteiger partial charge in [0.2, 0.25) is 5.91 Å². The van der Waals surface area contributed by atoms with Gasteiger partial charge in [-0.2, -0.15) is 10.5 Å². The van der Waals surface area contributed by atoms with Crippen molar-refractivity contribution in [1.29, 1.82) is 10.5 Å². The molecule has 0 aromatic rings. The minimum Gasteiger partial charge on any atom is -0.344 e. The van der Waals surface area contributed by atoms with Crippen LogP contribution in [0.1, 0.15) is 6.42 Å². The third kappa shape index (κ3) is 4.03. The van der Waals surface area contributed by atoms with Gasteiger partial charge < -0.3 is 10.2 Å². The molecule has 1 aliphatic rings. The van der Waals surface area contributed by atoms with Crippen LogP contribution < -0.4 is 5.32 Å². The van der Waals surface area contributed by atoms with Crippen molar-refractivity contribution in [2.75, 3.05) is 39.8 Å². The predicted molar refractivity (Wildman–Crippen MR) is 61.7 cm³/mol. The van der Waals surface area contributed by atoms with Gasteiger partial charge in [-0.1, -0.05) is 0 Å². The van der Waals surface area contributed by atoms with Crippen molar-refractivity contribution >= 4 is 5.91 Å². The zero-order chi connectivity index (χ0) is 12.7. The first-order valence-corrected chi connectivity index (χ1v) is 5.64. The summed E-state index contributed by atoms with van der Waals surface area (Å²) in [5.41, 5.74) is 0. The lowest BCUT2D eigenvalue weighted by Gasteiger charge is -2.32. The lowest BCUT2D eigenvalue weighted by Crippen LogP contribution is -2.53. The SMILES string of the molecule is CN(CCC#N)C(=O)CN1CCNCC1C#N. The van der Waals surface area contributed by atoms with Crippen molar-refractivity contribution in [3.05, 3.63) is 0 Å². The second-order valence-corrected chi connectivity index (χ2v) is 4.04. The van der Waals surface area contributed by atoms with E-state index in [0.717, 1.165) is 6.54 Å². The highest BCUT2D eigenvalue weighted by Crippen LogP contribution is 2.03. The van der Waals surface area contributed by atoms with E-state index in [0.29, 0.717) is 26.1 Å². The summed E-state index contributed by atoms with van der Waals surface area (Å²) < 4.78 is 0. The van der Waals surface area contributed by atoms with Crippen LogP contribution in [0.2, 0.25) is 0 Å². The second-order valence-electron chi connectivity index (χ2n) is 4.04. The molecule has 0 aromatic heterocycles. The molecular weight excluding hydrogens is 218 g/mol. The lowest BCUT2D eigenvalue weighted by atomic mass is 10.2. The molecule has 1 amide bonds. The molecule has 6 nitrogen and oxygen atoms in total. The monoisotopic (exact) mass is 235 g/mol. The van der Waals surface area contributed by atoms with E-state index in [2.05, 4.69) is 11.4 Å². The first kappa shape index (κ1) is 13.4. The zero-order valence-electron chi connectivity index (χ0n) is 10.0. The quantitative estimate of drug-likeness (QED) is 0.686. The minimum absolute atomic E-state index is 0.0394. The molecule has 17 heavy (non-hydrogen) atoms. The van der Waals surface area contributed by atoms with E-state index >= 15 is 0 Å². The summed E-state index contributed by atoms with van der Waals surface area (Å²) in [6.45, 7) is 2.80. The summed E-state index contributed by atoms with van der Waals surface area (Å²) in [4.78, 5) is 15.2. The normalized spacial score (nSPS) is 20.3. The number of nitrogens with zero attached hydrogens (tertiary/aromatic N) is 4. The third-order valence-corrected chi connectivity index (χ3v) is 2.83. The summed E-state index contributed by atoms with van der Waals surface area (Å²) in [6.07, 6.45) is 0.339. The Kier molecular flexibility index (Phi) is 5.41. The van der Waals surface area contributed by atoms with E-state index in [9.17, 15) is 4.79 Å². The molecule has 1 unspecified atom stereocenters. The van der Waals surface area contributed by atoms with E-state index in [-0.39, 0.29) is 18.5 Å². The molecule has 1 heterocycles. The van der Waals surface area contributed by atoms with Gasteiger partial charge in [0, 0.05) is 33.2 Å². The Balaban J connectivity index is 2.44. The first-order chi connectivity index (χ1) is 8.19.